The molecule has 3 aromatic carbocycles. The lowest BCUT2D eigenvalue weighted by Gasteiger charge is -2.20. The molecule has 0 radical (unpaired) electrons. The van der Waals surface area contributed by atoms with E-state index in [-0.39, 0.29) is 32.5 Å². The molecule has 0 saturated heterocycles. The molecule has 0 fully saturated rings. The maximum absolute atomic E-state index is 4.76. The van der Waals surface area contributed by atoms with E-state index < -0.39 is 0 Å². The van der Waals surface area contributed by atoms with Gasteiger partial charge >= 0.3 is 0 Å². The van der Waals surface area contributed by atoms with Crippen molar-refractivity contribution in [3.63, 3.8) is 0 Å². The number of hydrogen-bond acceptors (Lipinski definition) is 3. The van der Waals surface area contributed by atoms with E-state index in [1.54, 1.807) is 0 Å². The Morgan fingerprint density at radius 2 is 0.804 bits per heavy atom. The Bertz CT molecular complexity index is 1880. The van der Waals surface area contributed by atoms with Crippen molar-refractivity contribution in [2.75, 3.05) is 0 Å². The van der Waals surface area contributed by atoms with Gasteiger partial charge < -0.3 is 9.97 Å². The summed E-state index contributed by atoms with van der Waals surface area (Å²) in [5.41, 5.74) is 13.3. The van der Waals surface area contributed by atoms with Crippen LogP contribution in [0, 0.1) is 5.41 Å². The summed E-state index contributed by atoms with van der Waals surface area (Å²) in [7, 11) is 0. The molecule has 0 unspecified atom stereocenters. The standard InChI is InChI=1S/C16H23N.2C15H22N2/c1-15(2,3)12-7-8-13-11(9-12)10-14(17-13)16(4,5)6;2*1-14(2,3)10-7-8-11-12(9-10)17-13(16-11)15(4,5)6/h7-9H,10H2,1-6H3;2*7-9H,1-6H3,(H,16,17). The third kappa shape index (κ3) is 9.99. The van der Waals surface area contributed by atoms with Crippen LogP contribution in [-0.4, -0.2) is 25.6 Å². The van der Waals surface area contributed by atoms with Crippen LogP contribution in [0.1, 0.15) is 159 Å². The van der Waals surface area contributed by atoms with Crippen LogP contribution >= 0.6 is 0 Å². The van der Waals surface area contributed by atoms with Gasteiger partial charge in [0.1, 0.15) is 11.6 Å². The van der Waals surface area contributed by atoms with Gasteiger partial charge in [-0.15, -0.1) is 0 Å². The second kappa shape index (κ2) is 13.7. The van der Waals surface area contributed by atoms with Gasteiger partial charge in [-0.25, -0.2) is 9.97 Å². The third-order valence-electron chi connectivity index (χ3n) is 9.54. The normalized spacial score (nSPS) is 14.1. The maximum atomic E-state index is 4.76. The van der Waals surface area contributed by atoms with Crippen LogP contribution in [0.4, 0.5) is 5.69 Å². The molecule has 51 heavy (non-hydrogen) atoms. The molecule has 1 aliphatic rings. The van der Waals surface area contributed by atoms with Crippen molar-refractivity contribution >= 4 is 33.5 Å². The number of hydrogen-bond donors (Lipinski definition) is 2. The highest BCUT2D eigenvalue weighted by molar-refractivity contribution is 5.97. The molecule has 0 amide bonds. The number of rotatable bonds is 0. The highest BCUT2D eigenvalue weighted by Crippen LogP contribution is 2.36. The number of nitrogens with one attached hydrogen (secondary N) is 2. The Morgan fingerprint density at radius 3 is 1.16 bits per heavy atom. The zero-order valence-corrected chi connectivity index (χ0v) is 35.2. The highest BCUT2D eigenvalue weighted by atomic mass is 14.9. The predicted molar refractivity (Wildman–Crippen MR) is 222 cm³/mol. The molecule has 0 bridgehead atoms. The molecule has 1 aliphatic heterocycles. The molecule has 0 spiro atoms. The van der Waals surface area contributed by atoms with E-state index in [1.165, 1.54) is 33.7 Å². The average Bonchev–Trinajstić information content (AvgIpc) is 3.71. The van der Waals surface area contributed by atoms with E-state index in [2.05, 4.69) is 199 Å². The molecule has 5 heteroatoms. The molecule has 6 rings (SSSR count). The maximum Gasteiger partial charge on any atom is 0.112 e. The summed E-state index contributed by atoms with van der Waals surface area (Å²) in [6.07, 6.45) is 1.02. The summed E-state index contributed by atoms with van der Waals surface area (Å²) in [4.78, 5) is 20.9. The first-order chi connectivity index (χ1) is 23.0. The SMILES string of the molecule is CC(C)(C)C1=Nc2ccc(C(C)(C)C)cc2C1.CC(C)(C)c1ccc2nc(C(C)(C)C)[nH]c2c1.CC(C)(C)c1ccc2nc(C(C)(C)C)[nH]c2c1. The fourth-order valence-corrected chi connectivity index (χ4v) is 5.76. The van der Waals surface area contributed by atoms with Crippen LogP contribution in [0.25, 0.3) is 22.1 Å². The molecule has 2 N–H and O–H groups in total. The van der Waals surface area contributed by atoms with E-state index in [9.17, 15) is 0 Å². The van der Waals surface area contributed by atoms with Crippen LogP contribution < -0.4 is 0 Å². The first-order valence-electron chi connectivity index (χ1n) is 18.8. The summed E-state index contributed by atoms with van der Waals surface area (Å²) < 4.78 is 0. The van der Waals surface area contributed by atoms with Crippen molar-refractivity contribution in [3.05, 3.63) is 88.5 Å². The van der Waals surface area contributed by atoms with Gasteiger partial charge in [0, 0.05) is 28.4 Å². The molecule has 2 aromatic heterocycles. The Hall–Kier alpha value is -3.73. The fraction of sp³-hybridized carbons (Fsp3) is 0.543. The Kier molecular flexibility index (Phi) is 10.7. The first-order valence-corrected chi connectivity index (χ1v) is 18.8. The molecule has 5 aromatic rings. The number of H-pyrrole nitrogens is 2. The van der Waals surface area contributed by atoms with E-state index in [0.29, 0.717) is 0 Å². The van der Waals surface area contributed by atoms with E-state index in [4.69, 9.17) is 4.99 Å². The highest BCUT2D eigenvalue weighted by Gasteiger charge is 2.26. The number of fused-ring (bicyclic) bond motifs is 3. The molecule has 5 nitrogen and oxygen atoms in total. The van der Waals surface area contributed by atoms with Gasteiger partial charge in [-0.1, -0.05) is 149 Å². The summed E-state index contributed by atoms with van der Waals surface area (Å²) in [6, 6.07) is 19.7. The van der Waals surface area contributed by atoms with Gasteiger partial charge in [-0.05, 0) is 68.8 Å². The van der Waals surface area contributed by atoms with Crippen LogP contribution in [0.3, 0.4) is 0 Å². The van der Waals surface area contributed by atoms with Crippen molar-refractivity contribution in [1.82, 2.24) is 19.9 Å². The number of imidazole rings is 2. The Morgan fingerprint density at radius 1 is 0.431 bits per heavy atom. The lowest BCUT2D eigenvalue weighted by Crippen LogP contribution is -2.20. The summed E-state index contributed by atoms with van der Waals surface area (Å²) in [6.45, 7) is 39.9. The van der Waals surface area contributed by atoms with E-state index in [0.717, 1.165) is 40.1 Å². The van der Waals surface area contributed by atoms with Gasteiger partial charge in [-0.2, -0.15) is 0 Å². The molecule has 0 saturated carbocycles. The second-order valence-electron chi connectivity index (χ2n) is 20.7. The molecular formula is C46H67N5. The molecular weight excluding hydrogens is 623 g/mol. The third-order valence-corrected chi connectivity index (χ3v) is 9.54. The van der Waals surface area contributed by atoms with E-state index >= 15 is 0 Å². The van der Waals surface area contributed by atoms with Crippen LogP contribution in [-0.2, 0) is 33.5 Å². The van der Waals surface area contributed by atoms with Crippen molar-refractivity contribution in [1.29, 1.82) is 0 Å². The van der Waals surface area contributed by atoms with Gasteiger partial charge in [0.05, 0.1) is 27.8 Å². The number of aromatic amines is 2. The van der Waals surface area contributed by atoms with Crippen molar-refractivity contribution in [3.8, 4) is 0 Å². The quantitative estimate of drug-likeness (QED) is 0.170. The molecule has 0 atom stereocenters. The molecule has 0 aliphatic carbocycles. The van der Waals surface area contributed by atoms with Gasteiger partial charge in [0.25, 0.3) is 0 Å². The summed E-state index contributed by atoms with van der Waals surface area (Å²) >= 11 is 0. The van der Waals surface area contributed by atoms with Crippen molar-refractivity contribution in [2.45, 2.75) is 158 Å². The molecule has 3 heterocycles. The van der Waals surface area contributed by atoms with Crippen molar-refractivity contribution < 1.29 is 0 Å². The smallest absolute Gasteiger partial charge is 0.112 e. The lowest BCUT2D eigenvalue weighted by atomic mass is 9.84. The van der Waals surface area contributed by atoms with Crippen LogP contribution in [0.5, 0.6) is 0 Å². The number of aromatic nitrogens is 4. The topological polar surface area (TPSA) is 69.7 Å². The predicted octanol–water partition coefficient (Wildman–Crippen LogP) is 13.0. The van der Waals surface area contributed by atoms with Crippen LogP contribution in [0.15, 0.2) is 59.6 Å². The first kappa shape index (κ1) is 40.0. The minimum atomic E-state index is 0.0704. The fourth-order valence-electron chi connectivity index (χ4n) is 5.76. The van der Waals surface area contributed by atoms with Crippen LogP contribution in [0.2, 0.25) is 0 Å². The number of benzene rings is 3. The Labute approximate surface area is 309 Å². The minimum absolute atomic E-state index is 0.0704. The average molecular weight is 690 g/mol. The lowest BCUT2D eigenvalue weighted by molar-refractivity contribution is 0.554. The minimum Gasteiger partial charge on any atom is -0.342 e. The zero-order valence-electron chi connectivity index (χ0n) is 35.2. The summed E-state index contributed by atoms with van der Waals surface area (Å²) in [5, 5.41) is 0. The largest absolute Gasteiger partial charge is 0.342 e. The monoisotopic (exact) mass is 690 g/mol. The zero-order chi connectivity index (χ0) is 38.5. The van der Waals surface area contributed by atoms with Crippen molar-refractivity contribution in [2.24, 2.45) is 10.4 Å². The Balaban J connectivity index is 0.000000172. The van der Waals surface area contributed by atoms with Gasteiger partial charge in [-0.3, -0.25) is 4.99 Å². The van der Waals surface area contributed by atoms with Gasteiger partial charge in [0.2, 0.25) is 0 Å². The second-order valence-corrected chi connectivity index (χ2v) is 20.7. The number of aliphatic imine (C=N–C) groups is 1. The van der Waals surface area contributed by atoms with Gasteiger partial charge in [0.15, 0.2) is 0 Å². The summed E-state index contributed by atoms with van der Waals surface area (Å²) in [5.74, 6) is 2.11. The number of nitrogens with zero attached hydrogens (tertiary/aromatic N) is 3. The molecule has 276 valence electrons. The van der Waals surface area contributed by atoms with E-state index in [1.807, 2.05) is 0 Å².